The van der Waals surface area contributed by atoms with Crippen molar-refractivity contribution in [2.24, 2.45) is 0 Å². The van der Waals surface area contributed by atoms with Gasteiger partial charge in [-0.25, -0.2) is 4.79 Å². The van der Waals surface area contributed by atoms with Crippen LogP contribution in [0.3, 0.4) is 0 Å². The van der Waals surface area contributed by atoms with E-state index in [1.54, 1.807) is 13.0 Å². The summed E-state index contributed by atoms with van der Waals surface area (Å²) in [5.74, 6) is 0.535. The van der Waals surface area contributed by atoms with Gasteiger partial charge in [0.2, 0.25) is 11.7 Å². The van der Waals surface area contributed by atoms with E-state index < -0.39 is 17.5 Å². The van der Waals surface area contributed by atoms with E-state index in [2.05, 4.69) is 15.5 Å². The Morgan fingerprint density at radius 2 is 2.11 bits per heavy atom. The maximum atomic E-state index is 13.0. The lowest BCUT2D eigenvalue weighted by Crippen LogP contribution is -2.40. The molecule has 3 amide bonds. The largest absolute Gasteiger partial charge is 0.458 e. The third kappa shape index (κ3) is 2.51. The molecule has 28 heavy (non-hydrogen) atoms. The van der Waals surface area contributed by atoms with E-state index in [9.17, 15) is 9.59 Å². The van der Waals surface area contributed by atoms with Crippen LogP contribution in [0.2, 0.25) is 0 Å². The van der Waals surface area contributed by atoms with Gasteiger partial charge in [0.1, 0.15) is 17.9 Å². The fourth-order valence-corrected chi connectivity index (χ4v) is 3.83. The lowest BCUT2D eigenvalue weighted by atomic mass is 9.99. The second-order valence-corrected chi connectivity index (χ2v) is 7.40. The first-order valence-corrected chi connectivity index (χ1v) is 9.47. The molecule has 1 aromatic carbocycles. The molecular formula is C19H14N4O4S. The number of imide groups is 1. The molecule has 0 saturated carbocycles. The molecule has 1 atom stereocenters. The Kier molecular flexibility index (Phi) is 3.59. The van der Waals surface area contributed by atoms with Crippen LogP contribution in [0.15, 0.2) is 56.1 Å². The number of benzene rings is 1. The monoisotopic (exact) mass is 394 g/mol. The summed E-state index contributed by atoms with van der Waals surface area (Å²) >= 11 is 1.52. The zero-order chi connectivity index (χ0) is 19.3. The summed E-state index contributed by atoms with van der Waals surface area (Å²) in [5, 5.41) is 11.3. The summed E-state index contributed by atoms with van der Waals surface area (Å²) < 4.78 is 11.0. The molecule has 8 nitrogen and oxygen atoms in total. The molecule has 0 spiro atoms. The number of carbonyl (C=O) groups excluding carboxylic acids is 2. The van der Waals surface area contributed by atoms with Crippen LogP contribution in [0.25, 0.3) is 22.4 Å². The highest BCUT2D eigenvalue weighted by Crippen LogP contribution is 2.33. The van der Waals surface area contributed by atoms with E-state index in [1.165, 1.54) is 11.3 Å². The number of urea groups is 1. The van der Waals surface area contributed by atoms with Gasteiger partial charge in [-0.15, -0.1) is 0 Å². The third-order valence-electron chi connectivity index (χ3n) is 4.73. The van der Waals surface area contributed by atoms with Crippen LogP contribution in [0, 0.1) is 0 Å². The molecule has 1 N–H and O–H groups in total. The van der Waals surface area contributed by atoms with E-state index in [-0.39, 0.29) is 12.4 Å². The Hall–Kier alpha value is -3.46. The molecule has 4 heterocycles. The number of nitrogens with zero attached hydrogens (tertiary/aromatic N) is 3. The van der Waals surface area contributed by atoms with E-state index in [4.69, 9.17) is 8.94 Å². The predicted octanol–water partition coefficient (Wildman–Crippen LogP) is 3.51. The minimum Gasteiger partial charge on any atom is -0.458 e. The third-order valence-corrected chi connectivity index (χ3v) is 5.42. The van der Waals surface area contributed by atoms with Crippen molar-refractivity contribution in [3.63, 3.8) is 0 Å². The first kappa shape index (κ1) is 16.7. The highest BCUT2D eigenvalue weighted by atomic mass is 32.1. The number of carbonyl (C=O) groups is 2. The normalized spacial score (nSPS) is 19.5. The van der Waals surface area contributed by atoms with Crippen molar-refractivity contribution in [2.75, 3.05) is 0 Å². The first-order valence-electron chi connectivity index (χ1n) is 8.53. The molecule has 140 valence electrons. The SMILES string of the molecule is CC1(c2cc3ccccc3o2)NC(=O)N(Cc2nc(-c3ccsc3)no2)C1=O. The lowest BCUT2D eigenvalue weighted by molar-refractivity contribution is -0.132. The van der Waals surface area contributed by atoms with Crippen LogP contribution >= 0.6 is 11.3 Å². The average molecular weight is 394 g/mol. The molecule has 5 rings (SSSR count). The maximum absolute atomic E-state index is 13.0. The van der Waals surface area contributed by atoms with Gasteiger partial charge >= 0.3 is 6.03 Å². The fraction of sp³-hybridized carbons (Fsp3) is 0.158. The Bertz CT molecular complexity index is 1160. The van der Waals surface area contributed by atoms with Crippen molar-refractivity contribution in [3.05, 3.63) is 58.8 Å². The van der Waals surface area contributed by atoms with Crippen molar-refractivity contribution >= 4 is 34.2 Å². The van der Waals surface area contributed by atoms with Crippen LogP contribution in [0.1, 0.15) is 18.6 Å². The van der Waals surface area contributed by atoms with E-state index in [1.807, 2.05) is 41.1 Å². The van der Waals surface area contributed by atoms with E-state index >= 15 is 0 Å². The number of hydrogen-bond donors (Lipinski definition) is 1. The van der Waals surface area contributed by atoms with Gasteiger partial charge in [-0.3, -0.25) is 9.69 Å². The van der Waals surface area contributed by atoms with Gasteiger partial charge in [0.25, 0.3) is 5.91 Å². The molecule has 0 bridgehead atoms. The minimum absolute atomic E-state index is 0.113. The van der Waals surface area contributed by atoms with Crippen molar-refractivity contribution < 1.29 is 18.5 Å². The Morgan fingerprint density at radius 1 is 1.25 bits per heavy atom. The summed E-state index contributed by atoms with van der Waals surface area (Å²) in [7, 11) is 0. The molecule has 1 fully saturated rings. The lowest BCUT2D eigenvalue weighted by Gasteiger charge is -2.18. The van der Waals surface area contributed by atoms with Crippen LogP contribution in [0.4, 0.5) is 4.79 Å². The maximum Gasteiger partial charge on any atom is 0.325 e. The van der Waals surface area contributed by atoms with Gasteiger partial charge in [0, 0.05) is 16.3 Å². The number of para-hydroxylation sites is 1. The van der Waals surface area contributed by atoms with Gasteiger partial charge in [-0.2, -0.15) is 16.3 Å². The molecule has 0 aliphatic carbocycles. The van der Waals surface area contributed by atoms with Crippen LogP contribution in [0.5, 0.6) is 0 Å². The van der Waals surface area contributed by atoms with Gasteiger partial charge < -0.3 is 14.3 Å². The first-order chi connectivity index (χ1) is 13.5. The number of thiophene rings is 1. The van der Waals surface area contributed by atoms with E-state index in [0.717, 1.165) is 15.8 Å². The topological polar surface area (TPSA) is 101 Å². The number of hydrogen-bond acceptors (Lipinski definition) is 7. The highest BCUT2D eigenvalue weighted by molar-refractivity contribution is 7.08. The summed E-state index contributed by atoms with van der Waals surface area (Å²) in [4.78, 5) is 30.9. The quantitative estimate of drug-likeness (QED) is 0.532. The minimum atomic E-state index is -1.30. The number of nitrogens with one attached hydrogen (secondary N) is 1. The molecule has 9 heteroatoms. The van der Waals surface area contributed by atoms with Crippen molar-refractivity contribution in [3.8, 4) is 11.4 Å². The van der Waals surface area contributed by atoms with Gasteiger partial charge in [0.05, 0.1) is 0 Å². The van der Waals surface area contributed by atoms with Crippen LogP contribution < -0.4 is 5.32 Å². The Balaban J connectivity index is 1.42. The van der Waals surface area contributed by atoms with E-state index in [0.29, 0.717) is 17.2 Å². The number of fused-ring (bicyclic) bond motifs is 1. The predicted molar refractivity (Wildman–Crippen MR) is 100 cm³/mol. The number of furan rings is 1. The summed E-state index contributed by atoms with van der Waals surface area (Å²) in [5.41, 5.74) is 0.174. The smallest absolute Gasteiger partial charge is 0.325 e. The Labute approximate surface area is 162 Å². The zero-order valence-electron chi connectivity index (χ0n) is 14.7. The number of rotatable bonds is 4. The second kappa shape index (κ2) is 6.03. The summed E-state index contributed by atoms with van der Waals surface area (Å²) in [6.07, 6.45) is 0. The molecule has 1 aliphatic heterocycles. The zero-order valence-corrected chi connectivity index (χ0v) is 15.5. The van der Waals surface area contributed by atoms with Crippen LogP contribution in [-0.4, -0.2) is 27.0 Å². The molecule has 4 aromatic rings. The highest BCUT2D eigenvalue weighted by Gasteiger charge is 2.51. The van der Waals surface area contributed by atoms with Crippen LogP contribution in [-0.2, 0) is 16.9 Å². The number of amides is 3. The Morgan fingerprint density at radius 3 is 2.89 bits per heavy atom. The van der Waals surface area contributed by atoms with Gasteiger partial charge in [-0.05, 0) is 30.5 Å². The molecule has 0 radical (unpaired) electrons. The molecule has 1 unspecified atom stereocenters. The fourth-order valence-electron chi connectivity index (χ4n) is 3.20. The standard InChI is InChI=1S/C19H14N4O4S/c1-19(14-8-11-4-2-3-5-13(11)26-14)17(24)23(18(25)21-19)9-15-20-16(22-27-15)12-6-7-28-10-12/h2-8,10H,9H2,1H3,(H,21,25). The second-order valence-electron chi connectivity index (χ2n) is 6.62. The molecule has 1 aliphatic rings. The van der Waals surface area contributed by atoms with Gasteiger partial charge in [0.15, 0.2) is 5.54 Å². The average Bonchev–Trinajstić information content (AvgIpc) is 3.46. The van der Waals surface area contributed by atoms with Crippen molar-refractivity contribution in [1.82, 2.24) is 20.4 Å². The van der Waals surface area contributed by atoms with Crippen molar-refractivity contribution in [2.45, 2.75) is 19.0 Å². The molecule has 3 aromatic heterocycles. The molecular weight excluding hydrogens is 380 g/mol. The number of aromatic nitrogens is 2. The summed E-state index contributed by atoms with van der Waals surface area (Å²) in [6.45, 7) is 1.51. The molecule has 1 saturated heterocycles. The van der Waals surface area contributed by atoms with Crippen molar-refractivity contribution in [1.29, 1.82) is 0 Å². The summed E-state index contributed by atoms with van der Waals surface area (Å²) in [6, 6.07) is 10.5. The van der Waals surface area contributed by atoms with Gasteiger partial charge in [-0.1, -0.05) is 23.4 Å².